The minimum atomic E-state index is -1.25. The predicted molar refractivity (Wildman–Crippen MR) is 30.7 cm³/mol. The first-order valence-corrected chi connectivity index (χ1v) is 2.74. The Kier molecular flexibility index (Phi) is 4.44. The molecule has 1 heterocycles. The molecule has 0 aromatic carbocycles. The molecule has 0 saturated carbocycles. The van der Waals surface area contributed by atoms with Crippen molar-refractivity contribution in [1.29, 1.82) is 0 Å². The van der Waals surface area contributed by atoms with Crippen LogP contribution in [-0.4, -0.2) is 22.8 Å². The molecule has 1 aliphatic heterocycles. The molecule has 0 aromatic rings. The van der Waals surface area contributed by atoms with E-state index in [1.54, 1.807) is 0 Å². The summed E-state index contributed by atoms with van der Waals surface area (Å²) in [7, 11) is 0. The number of hydrogen-bond donors (Lipinski definition) is 1. The normalized spacial score (nSPS) is 15.4. The average molecular weight is 163 g/mol. The molecule has 11 heavy (non-hydrogen) atoms. The summed E-state index contributed by atoms with van der Waals surface area (Å²) in [6.07, 6.45) is 4.20. The first kappa shape index (κ1) is 10.7. The number of carboxylic acid groups (broad SMARTS) is 1. The van der Waals surface area contributed by atoms with Crippen LogP contribution in [0.5, 0.6) is 0 Å². The van der Waals surface area contributed by atoms with E-state index in [0.717, 1.165) is 5.06 Å². The first-order chi connectivity index (χ1) is 4.70. The van der Waals surface area contributed by atoms with Gasteiger partial charge in [0.2, 0.25) is 0 Å². The van der Waals surface area contributed by atoms with Gasteiger partial charge in [-0.05, 0) is 11.6 Å². The van der Waals surface area contributed by atoms with E-state index in [0.29, 0.717) is 0 Å². The molecule has 0 bridgehead atoms. The Balaban J connectivity index is 0.000001000. The van der Waals surface area contributed by atoms with Crippen molar-refractivity contribution in [3.8, 4) is 0 Å². The van der Waals surface area contributed by atoms with Crippen molar-refractivity contribution in [3.05, 3.63) is 23.9 Å². The second-order valence-corrected chi connectivity index (χ2v) is 1.92. The third-order valence-electron chi connectivity index (χ3n) is 1.15. The van der Waals surface area contributed by atoms with Crippen LogP contribution in [0.4, 0.5) is 0 Å². The smallest absolute Gasteiger partial charge is 0.545 e. The largest absolute Gasteiger partial charge is 1.00 e. The van der Waals surface area contributed by atoms with Gasteiger partial charge in [0.25, 0.3) is 0 Å². The number of hydrogen-bond acceptors (Lipinski definition) is 4. The standard InChI is InChI=1S/C6H7NO3.Na/c8-6(9)5-2-1-3-7(10)4-5;/h1-3,10H,4H2,(H,8,9);/q;+1/p-1. The zero-order valence-electron chi connectivity index (χ0n) is 6.15. The van der Waals surface area contributed by atoms with Crippen LogP contribution in [0.2, 0.25) is 0 Å². The Morgan fingerprint density at radius 2 is 2.36 bits per heavy atom. The Labute approximate surface area is 86.1 Å². The zero-order valence-corrected chi connectivity index (χ0v) is 8.15. The van der Waals surface area contributed by atoms with Gasteiger partial charge >= 0.3 is 29.6 Å². The Hall–Kier alpha value is -0.290. The molecule has 5 heteroatoms. The monoisotopic (exact) mass is 163 g/mol. The zero-order chi connectivity index (χ0) is 7.56. The predicted octanol–water partition coefficient (Wildman–Crippen LogP) is -4.11. The van der Waals surface area contributed by atoms with Gasteiger partial charge in [0.15, 0.2) is 0 Å². The molecule has 0 aliphatic carbocycles. The van der Waals surface area contributed by atoms with Gasteiger partial charge < -0.3 is 9.90 Å². The number of carbonyl (C=O) groups is 1. The van der Waals surface area contributed by atoms with E-state index in [9.17, 15) is 9.90 Å². The molecule has 1 aliphatic rings. The number of nitrogens with zero attached hydrogens (tertiary/aromatic N) is 1. The van der Waals surface area contributed by atoms with E-state index in [2.05, 4.69) is 0 Å². The quantitative estimate of drug-likeness (QED) is 0.399. The number of aliphatic carboxylic acids is 1. The third kappa shape index (κ3) is 3.07. The summed E-state index contributed by atoms with van der Waals surface area (Å²) in [6.45, 7) is -0.0150. The number of carbonyl (C=O) groups excluding carboxylic acids is 1. The molecule has 1 N–H and O–H groups in total. The van der Waals surface area contributed by atoms with E-state index in [-0.39, 0.29) is 41.7 Å². The molecule has 1 rings (SSSR count). The van der Waals surface area contributed by atoms with E-state index in [1.165, 1.54) is 18.4 Å². The fourth-order valence-electron chi connectivity index (χ4n) is 0.671. The van der Waals surface area contributed by atoms with E-state index < -0.39 is 5.97 Å². The van der Waals surface area contributed by atoms with Gasteiger partial charge in [0.1, 0.15) is 0 Å². The van der Waals surface area contributed by atoms with Crippen LogP contribution in [0.3, 0.4) is 0 Å². The molecule has 0 amide bonds. The summed E-state index contributed by atoms with van der Waals surface area (Å²) < 4.78 is 0. The molecule has 0 spiro atoms. The molecular weight excluding hydrogens is 157 g/mol. The minimum Gasteiger partial charge on any atom is -0.545 e. The van der Waals surface area contributed by atoms with Gasteiger partial charge in [-0.25, -0.2) is 0 Å². The van der Waals surface area contributed by atoms with Crippen molar-refractivity contribution in [2.24, 2.45) is 0 Å². The summed E-state index contributed by atoms with van der Waals surface area (Å²) in [6, 6.07) is 0. The van der Waals surface area contributed by atoms with E-state index in [1.807, 2.05) is 0 Å². The van der Waals surface area contributed by atoms with E-state index in [4.69, 9.17) is 5.21 Å². The van der Waals surface area contributed by atoms with Crippen LogP contribution in [0, 0.1) is 0 Å². The number of hydroxylamine groups is 2. The molecular formula is C6H6NNaO3. The molecule has 0 radical (unpaired) electrons. The Bertz CT molecular complexity index is 212. The number of rotatable bonds is 1. The third-order valence-corrected chi connectivity index (χ3v) is 1.15. The van der Waals surface area contributed by atoms with Crippen molar-refractivity contribution in [2.45, 2.75) is 0 Å². The van der Waals surface area contributed by atoms with Gasteiger partial charge in [0, 0.05) is 6.20 Å². The van der Waals surface area contributed by atoms with Crippen molar-refractivity contribution in [1.82, 2.24) is 5.06 Å². The van der Waals surface area contributed by atoms with Crippen LogP contribution in [-0.2, 0) is 4.79 Å². The summed E-state index contributed by atoms with van der Waals surface area (Å²) in [4.78, 5) is 10.1. The molecule has 0 aromatic heterocycles. The maximum Gasteiger partial charge on any atom is 1.00 e. The van der Waals surface area contributed by atoms with Crippen molar-refractivity contribution < 1.29 is 44.7 Å². The molecule has 0 atom stereocenters. The maximum absolute atomic E-state index is 10.1. The number of carboxylic acids is 1. The molecule has 4 nitrogen and oxygen atoms in total. The SMILES string of the molecule is O=C([O-])C1=CC=CN(O)C1.[Na+]. The van der Waals surface area contributed by atoms with Crippen molar-refractivity contribution >= 4 is 5.97 Å². The van der Waals surface area contributed by atoms with Crippen LogP contribution >= 0.6 is 0 Å². The van der Waals surface area contributed by atoms with E-state index >= 15 is 0 Å². The van der Waals surface area contributed by atoms with Gasteiger partial charge in [-0.2, -0.15) is 0 Å². The Morgan fingerprint density at radius 3 is 2.73 bits per heavy atom. The maximum atomic E-state index is 10.1. The van der Waals surface area contributed by atoms with Crippen molar-refractivity contribution in [3.63, 3.8) is 0 Å². The van der Waals surface area contributed by atoms with Gasteiger partial charge in [-0.1, -0.05) is 6.08 Å². The molecule has 54 valence electrons. The van der Waals surface area contributed by atoms with Crippen molar-refractivity contribution in [2.75, 3.05) is 6.54 Å². The minimum absolute atomic E-state index is 0. The molecule has 0 saturated heterocycles. The first-order valence-electron chi connectivity index (χ1n) is 2.74. The second kappa shape index (κ2) is 4.56. The Morgan fingerprint density at radius 1 is 1.73 bits per heavy atom. The van der Waals surface area contributed by atoms with Crippen LogP contribution in [0.1, 0.15) is 0 Å². The fraction of sp³-hybridized carbons (Fsp3) is 0.167. The van der Waals surface area contributed by atoms with Gasteiger partial charge in [-0.3, -0.25) is 10.3 Å². The van der Waals surface area contributed by atoms with Gasteiger partial charge in [0.05, 0.1) is 12.5 Å². The topological polar surface area (TPSA) is 63.6 Å². The summed E-state index contributed by atoms with van der Waals surface area (Å²) in [5, 5.41) is 19.7. The summed E-state index contributed by atoms with van der Waals surface area (Å²) in [5.74, 6) is -1.25. The molecule has 0 unspecified atom stereocenters. The summed E-state index contributed by atoms with van der Waals surface area (Å²) in [5.41, 5.74) is 0.0741. The summed E-state index contributed by atoms with van der Waals surface area (Å²) >= 11 is 0. The van der Waals surface area contributed by atoms with Crippen LogP contribution in [0.25, 0.3) is 0 Å². The average Bonchev–Trinajstić information content (AvgIpc) is 1.88. The second-order valence-electron chi connectivity index (χ2n) is 1.92. The van der Waals surface area contributed by atoms with Gasteiger partial charge in [-0.15, -0.1) is 0 Å². The fourth-order valence-corrected chi connectivity index (χ4v) is 0.671. The van der Waals surface area contributed by atoms with Crippen LogP contribution in [0.15, 0.2) is 23.9 Å². The number of allylic oxidation sites excluding steroid dienone is 2. The van der Waals surface area contributed by atoms with Crippen LogP contribution < -0.4 is 34.7 Å². The molecule has 0 fully saturated rings.